The van der Waals surface area contributed by atoms with E-state index in [1.165, 1.54) is 5.57 Å². The fourth-order valence-electron chi connectivity index (χ4n) is 1.40. The van der Waals surface area contributed by atoms with Gasteiger partial charge in [0.15, 0.2) is 0 Å². The molecule has 1 aliphatic carbocycles. The fraction of sp³-hybridized carbons (Fsp3) is 0.143. The van der Waals surface area contributed by atoms with E-state index < -0.39 is 0 Å². The SMILES string of the molecule is CC1=CC=C1C#Cc1ccc(C)c(N=S)c1. The minimum absolute atomic E-state index is 0.830. The van der Waals surface area contributed by atoms with Crippen molar-refractivity contribution in [2.24, 2.45) is 4.36 Å². The Kier molecular flexibility index (Phi) is 2.98. The van der Waals surface area contributed by atoms with Gasteiger partial charge >= 0.3 is 0 Å². The Balaban J connectivity index is 2.25. The van der Waals surface area contributed by atoms with Crippen LogP contribution in [0.2, 0.25) is 0 Å². The Labute approximate surface area is 101 Å². The van der Waals surface area contributed by atoms with Gasteiger partial charge in [-0.1, -0.05) is 24.0 Å². The number of nitrogens with zero attached hydrogens (tertiary/aromatic N) is 1. The Morgan fingerprint density at radius 3 is 2.50 bits per heavy atom. The highest BCUT2D eigenvalue weighted by Crippen LogP contribution is 2.20. The van der Waals surface area contributed by atoms with Crippen LogP contribution in [0.4, 0.5) is 5.69 Å². The van der Waals surface area contributed by atoms with E-state index in [1.54, 1.807) is 0 Å². The highest BCUT2D eigenvalue weighted by molar-refractivity contribution is 7.47. The van der Waals surface area contributed by atoms with E-state index in [1.807, 2.05) is 31.2 Å². The Morgan fingerprint density at radius 2 is 1.94 bits per heavy atom. The summed E-state index contributed by atoms with van der Waals surface area (Å²) >= 11 is 4.71. The zero-order valence-electron chi connectivity index (χ0n) is 9.24. The van der Waals surface area contributed by atoms with Crippen LogP contribution in [-0.4, -0.2) is 0 Å². The van der Waals surface area contributed by atoms with Gasteiger partial charge in [0.25, 0.3) is 0 Å². The molecule has 0 bridgehead atoms. The lowest BCUT2D eigenvalue weighted by Gasteiger charge is -2.05. The van der Waals surface area contributed by atoms with Gasteiger partial charge in [-0.2, -0.15) is 4.36 Å². The summed E-state index contributed by atoms with van der Waals surface area (Å²) in [7, 11) is 0. The average Bonchev–Trinajstić information content (AvgIpc) is 2.29. The zero-order valence-corrected chi connectivity index (χ0v) is 10.1. The van der Waals surface area contributed by atoms with Crippen molar-refractivity contribution in [2.75, 3.05) is 0 Å². The Morgan fingerprint density at radius 1 is 1.12 bits per heavy atom. The molecule has 0 N–H and O–H groups in total. The highest BCUT2D eigenvalue weighted by atomic mass is 32.1. The first-order valence-electron chi connectivity index (χ1n) is 5.05. The van der Waals surface area contributed by atoms with Crippen molar-refractivity contribution in [1.29, 1.82) is 0 Å². The van der Waals surface area contributed by atoms with Crippen LogP contribution >= 0.6 is 0 Å². The Hall–Kier alpha value is -1.72. The maximum atomic E-state index is 4.71. The van der Waals surface area contributed by atoms with E-state index in [0.29, 0.717) is 0 Å². The van der Waals surface area contributed by atoms with E-state index in [9.17, 15) is 0 Å². The molecule has 1 aromatic rings. The summed E-state index contributed by atoms with van der Waals surface area (Å²) in [4.78, 5) is 0. The lowest BCUT2D eigenvalue weighted by atomic mass is 9.99. The summed E-state index contributed by atoms with van der Waals surface area (Å²) in [5.74, 6) is 6.24. The van der Waals surface area contributed by atoms with Crippen molar-refractivity contribution in [2.45, 2.75) is 13.8 Å². The van der Waals surface area contributed by atoms with Crippen LogP contribution in [0.15, 0.2) is 45.9 Å². The van der Waals surface area contributed by atoms with Gasteiger partial charge in [0, 0.05) is 23.6 Å². The number of hydrogen-bond acceptors (Lipinski definition) is 2. The third kappa shape index (κ3) is 2.10. The third-order valence-electron chi connectivity index (χ3n) is 2.57. The normalized spacial score (nSPS) is 12.9. The summed E-state index contributed by atoms with van der Waals surface area (Å²) in [6, 6.07) is 5.91. The van der Waals surface area contributed by atoms with Crippen molar-refractivity contribution in [3.63, 3.8) is 0 Å². The molecule has 0 aliphatic heterocycles. The summed E-state index contributed by atoms with van der Waals surface area (Å²) in [6.45, 7) is 4.05. The van der Waals surface area contributed by atoms with E-state index in [2.05, 4.69) is 29.2 Å². The molecule has 0 amide bonds. The van der Waals surface area contributed by atoms with E-state index >= 15 is 0 Å². The molecule has 1 aliphatic rings. The quantitative estimate of drug-likeness (QED) is 0.665. The van der Waals surface area contributed by atoms with Gasteiger partial charge in [0.2, 0.25) is 0 Å². The van der Waals surface area contributed by atoms with Crippen molar-refractivity contribution >= 4 is 18.1 Å². The lowest BCUT2D eigenvalue weighted by molar-refractivity contribution is 1.38. The molecule has 2 rings (SSSR count). The topological polar surface area (TPSA) is 12.4 Å². The largest absolute Gasteiger partial charge is 0.181 e. The second kappa shape index (κ2) is 4.42. The van der Waals surface area contributed by atoms with Crippen LogP contribution in [0.5, 0.6) is 0 Å². The van der Waals surface area contributed by atoms with Crippen molar-refractivity contribution in [3.05, 3.63) is 52.6 Å². The predicted octanol–water partition coefficient (Wildman–Crippen LogP) is 3.59. The third-order valence-corrected chi connectivity index (χ3v) is 2.77. The Bertz CT molecular complexity index is 568. The van der Waals surface area contributed by atoms with Gasteiger partial charge in [-0.3, -0.25) is 0 Å². The minimum atomic E-state index is 0.830. The molecular formula is C14H11NS. The van der Waals surface area contributed by atoms with Crippen molar-refractivity contribution in [3.8, 4) is 11.8 Å². The molecule has 1 nitrogen and oxygen atoms in total. The number of benzene rings is 1. The summed E-state index contributed by atoms with van der Waals surface area (Å²) in [5.41, 5.74) is 5.22. The van der Waals surface area contributed by atoms with Crippen LogP contribution in [0.3, 0.4) is 0 Å². The molecule has 0 radical (unpaired) electrons. The summed E-state index contributed by atoms with van der Waals surface area (Å²) in [6.07, 6.45) is 4.08. The fourth-order valence-corrected chi connectivity index (χ4v) is 1.60. The molecule has 0 aromatic heterocycles. The first-order valence-corrected chi connectivity index (χ1v) is 5.42. The monoisotopic (exact) mass is 225 g/mol. The van der Waals surface area contributed by atoms with Crippen LogP contribution in [0.1, 0.15) is 18.1 Å². The average molecular weight is 225 g/mol. The molecule has 0 saturated heterocycles. The molecule has 0 unspecified atom stereocenters. The van der Waals surface area contributed by atoms with Gasteiger partial charge in [-0.15, -0.1) is 0 Å². The molecule has 1 aromatic carbocycles. The van der Waals surface area contributed by atoms with Crippen molar-refractivity contribution in [1.82, 2.24) is 0 Å². The van der Waals surface area contributed by atoms with Gasteiger partial charge < -0.3 is 0 Å². The standard InChI is InChI=1S/C14H11NS/c1-10-4-7-13(10)8-6-12-5-3-11(2)14(9-12)15-16/h3-5,7,9H,1-2H3. The molecule has 2 heteroatoms. The van der Waals surface area contributed by atoms with Crippen LogP contribution in [0.25, 0.3) is 0 Å². The van der Waals surface area contributed by atoms with Gasteiger partial charge in [-0.05, 0) is 43.2 Å². The molecule has 0 saturated carbocycles. The first-order chi connectivity index (χ1) is 7.70. The van der Waals surface area contributed by atoms with Gasteiger partial charge in [-0.25, -0.2) is 0 Å². The second-order valence-electron chi connectivity index (χ2n) is 3.77. The molecule has 0 spiro atoms. The lowest BCUT2D eigenvalue weighted by Crippen LogP contribution is -1.89. The molecule has 0 atom stereocenters. The number of rotatable bonds is 1. The minimum Gasteiger partial charge on any atom is -0.181 e. The molecule has 78 valence electrons. The smallest absolute Gasteiger partial charge is 0.0810 e. The van der Waals surface area contributed by atoms with E-state index in [4.69, 9.17) is 12.4 Å². The van der Waals surface area contributed by atoms with Crippen LogP contribution in [0, 0.1) is 18.8 Å². The summed E-state index contributed by atoms with van der Waals surface area (Å²) < 4.78 is 3.80. The number of aryl methyl sites for hydroxylation is 1. The molecule has 0 fully saturated rings. The van der Waals surface area contributed by atoms with Gasteiger partial charge in [0.05, 0.1) is 5.69 Å². The predicted molar refractivity (Wildman–Crippen MR) is 69.4 cm³/mol. The van der Waals surface area contributed by atoms with Crippen molar-refractivity contribution < 1.29 is 0 Å². The first kappa shape index (κ1) is 10.8. The zero-order chi connectivity index (χ0) is 11.5. The van der Waals surface area contributed by atoms with Crippen LogP contribution in [-0.2, 0) is 12.4 Å². The van der Waals surface area contributed by atoms with E-state index in [-0.39, 0.29) is 0 Å². The molecule has 16 heavy (non-hydrogen) atoms. The maximum absolute atomic E-state index is 4.71. The second-order valence-corrected chi connectivity index (χ2v) is 3.96. The van der Waals surface area contributed by atoms with E-state index in [0.717, 1.165) is 22.4 Å². The highest BCUT2D eigenvalue weighted by Gasteiger charge is 2.02. The van der Waals surface area contributed by atoms with Crippen LogP contribution < -0.4 is 0 Å². The number of hydrogen-bond donors (Lipinski definition) is 0. The van der Waals surface area contributed by atoms with Gasteiger partial charge in [0.1, 0.15) is 0 Å². The number of allylic oxidation sites excluding steroid dienone is 4. The molecule has 0 heterocycles. The maximum Gasteiger partial charge on any atom is 0.0810 e. The molecular weight excluding hydrogens is 214 g/mol. The summed E-state index contributed by atoms with van der Waals surface area (Å²) in [5, 5.41) is 0.